The van der Waals surface area contributed by atoms with E-state index in [4.69, 9.17) is 16.0 Å². The number of thioether (sulfide) groups is 1. The molecule has 4 aromatic rings. The zero-order valence-corrected chi connectivity index (χ0v) is 24.2. The molecular weight excluding hydrogens is 554 g/mol. The number of anilines is 1. The third kappa shape index (κ3) is 5.39. The summed E-state index contributed by atoms with van der Waals surface area (Å²) in [6.45, 7) is 8.05. The lowest BCUT2D eigenvalue weighted by Gasteiger charge is -2.25. The molecule has 0 saturated heterocycles. The van der Waals surface area contributed by atoms with Crippen LogP contribution in [0.1, 0.15) is 59.8 Å². The Bertz CT molecular complexity index is 1580. The second-order valence-corrected chi connectivity index (χ2v) is 12.8. The van der Waals surface area contributed by atoms with E-state index in [0.717, 1.165) is 11.1 Å². The van der Waals surface area contributed by atoms with E-state index >= 15 is 0 Å². The number of aryl methyl sites for hydroxylation is 1. The molecule has 0 aliphatic carbocycles. The highest BCUT2D eigenvalue weighted by atomic mass is 35.5. The van der Waals surface area contributed by atoms with Crippen molar-refractivity contribution in [2.75, 3.05) is 4.90 Å². The number of Topliss-reactive ketones (excluding diaryl/α,β-unsaturated/α-hetero) is 1. The summed E-state index contributed by atoms with van der Waals surface area (Å²) in [4.78, 5) is 28.3. The van der Waals surface area contributed by atoms with E-state index in [9.17, 15) is 14.7 Å². The molecule has 10 heteroatoms. The van der Waals surface area contributed by atoms with Crippen LogP contribution in [-0.4, -0.2) is 27.0 Å². The summed E-state index contributed by atoms with van der Waals surface area (Å²) < 4.78 is 6.18. The molecule has 1 aliphatic rings. The van der Waals surface area contributed by atoms with Gasteiger partial charge >= 0.3 is 0 Å². The van der Waals surface area contributed by atoms with Gasteiger partial charge in [-0.25, -0.2) is 0 Å². The van der Waals surface area contributed by atoms with Crippen LogP contribution in [0, 0.1) is 6.92 Å². The van der Waals surface area contributed by atoms with Gasteiger partial charge in [-0.1, -0.05) is 97.9 Å². The van der Waals surface area contributed by atoms with Gasteiger partial charge in [0.15, 0.2) is 15.9 Å². The van der Waals surface area contributed by atoms with Gasteiger partial charge < -0.3 is 9.52 Å². The molecule has 0 fully saturated rings. The molecule has 1 N–H and O–H groups in total. The first-order valence-electron chi connectivity index (χ1n) is 12.2. The number of ketones is 1. The topological polar surface area (TPSA) is 96.5 Å². The van der Waals surface area contributed by atoms with Gasteiger partial charge in [-0.3, -0.25) is 14.5 Å². The third-order valence-electron chi connectivity index (χ3n) is 6.42. The number of aromatic nitrogens is 2. The molecule has 200 valence electrons. The lowest BCUT2D eigenvalue weighted by atomic mass is 9.85. The van der Waals surface area contributed by atoms with Crippen molar-refractivity contribution in [1.29, 1.82) is 0 Å². The number of nitrogens with zero attached hydrogens (tertiary/aromatic N) is 3. The van der Waals surface area contributed by atoms with Crippen molar-refractivity contribution >= 4 is 51.5 Å². The number of benzene rings is 2. The second-order valence-electron chi connectivity index (χ2n) is 10.2. The maximum Gasteiger partial charge on any atom is 0.296 e. The summed E-state index contributed by atoms with van der Waals surface area (Å²) in [7, 11) is 0. The predicted molar refractivity (Wildman–Crippen MR) is 154 cm³/mol. The number of hydrogen-bond acceptors (Lipinski definition) is 8. The molecule has 3 heterocycles. The predicted octanol–water partition coefficient (Wildman–Crippen LogP) is 7.47. The maximum absolute atomic E-state index is 13.6. The van der Waals surface area contributed by atoms with Gasteiger partial charge in [-0.2, -0.15) is 0 Å². The van der Waals surface area contributed by atoms with Crippen molar-refractivity contribution in [3.05, 3.63) is 105 Å². The summed E-state index contributed by atoms with van der Waals surface area (Å²) in [6, 6.07) is 17.5. The van der Waals surface area contributed by atoms with Gasteiger partial charge in [0.1, 0.15) is 5.76 Å². The largest absolute Gasteiger partial charge is 0.503 e. The highest BCUT2D eigenvalue weighted by molar-refractivity contribution is 8.00. The fraction of sp³-hybridized carbons (Fsp3) is 0.241. The number of carbonyl (C=O) groups is 2. The Hall–Kier alpha value is -3.40. The van der Waals surface area contributed by atoms with Gasteiger partial charge in [0.05, 0.1) is 11.6 Å². The van der Waals surface area contributed by atoms with Crippen LogP contribution in [0.4, 0.5) is 5.13 Å². The van der Waals surface area contributed by atoms with Crippen LogP contribution in [0.3, 0.4) is 0 Å². The fourth-order valence-corrected chi connectivity index (χ4v) is 6.47. The third-order valence-corrected chi connectivity index (χ3v) is 8.89. The first-order valence-corrected chi connectivity index (χ1v) is 14.4. The molecule has 39 heavy (non-hydrogen) atoms. The highest BCUT2D eigenvalue weighted by Gasteiger charge is 2.46. The molecule has 0 bridgehead atoms. The Balaban J connectivity index is 1.52. The Kier molecular flexibility index (Phi) is 7.41. The lowest BCUT2D eigenvalue weighted by molar-refractivity contribution is -0.117. The molecule has 7 nitrogen and oxygen atoms in total. The van der Waals surface area contributed by atoms with Crippen molar-refractivity contribution in [2.45, 2.75) is 49.2 Å². The van der Waals surface area contributed by atoms with Crippen molar-refractivity contribution in [3.8, 4) is 0 Å². The average Bonchev–Trinajstić information content (AvgIpc) is 3.61. The second kappa shape index (κ2) is 10.6. The molecule has 2 aromatic heterocycles. The molecule has 0 radical (unpaired) electrons. The van der Waals surface area contributed by atoms with E-state index in [1.165, 1.54) is 28.0 Å². The lowest BCUT2D eigenvalue weighted by Crippen LogP contribution is -2.31. The first kappa shape index (κ1) is 27.2. The van der Waals surface area contributed by atoms with Crippen molar-refractivity contribution in [2.24, 2.45) is 0 Å². The van der Waals surface area contributed by atoms with Crippen LogP contribution in [-0.2, 0) is 16.0 Å². The van der Waals surface area contributed by atoms with Crippen LogP contribution in [0.25, 0.3) is 0 Å². The number of aliphatic hydroxyl groups excluding tert-OH is 1. The van der Waals surface area contributed by atoms with Crippen LogP contribution in [0.2, 0.25) is 5.02 Å². The highest BCUT2D eigenvalue weighted by Crippen LogP contribution is 2.44. The minimum Gasteiger partial charge on any atom is -0.503 e. The number of furan rings is 1. The van der Waals surface area contributed by atoms with Crippen molar-refractivity contribution < 1.29 is 19.1 Å². The van der Waals surface area contributed by atoms with Crippen LogP contribution in [0.15, 0.2) is 80.8 Å². The minimum atomic E-state index is -0.904. The Morgan fingerprint density at radius 2 is 1.82 bits per heavy atom. The molecule has 5 rings (SSSR count). The number of amides is 1. The number of halogens is 1. The number of aliphatic hydroxyl groups is 1. The normalized spacial score (nSPS) is 15.9. The fourth-order valence-electron chi connectivity index (χ4n) is 4.32. The van der Waals surface area contributed by atoms with Gasteiger partial charge in [-0.15, -0.1) is 10.2 Å². The summed E-state index contributed by atoms with van der Waals surface area (Å²) in [5.41, 5.74) is 2.57. The van der Waals surface area contributed by atoms with Crippen molar-refractivity contribution in [3.63, 3.8) is 0 Å². The van der Waals surface area contributed by atoms with Gasteiger partial charge in [0.25, 0.3) is 5.91 Å². The number of hydrogen-bond donors (Lipinski definition) is 1. The molecule has 2 aromatic carbocycles. The smallest absolute Gasteiger partial charge is 0.296 e. The molecule has 1 unspecified atom stereocenters. The molecule has 1 atom stereocenters. The van der Waals surface area contributed by atoms with E-state index in [1.54, 1.807) is 19.1 Å². The monoisotopic (exact) mass is 579 g/mol. The summed E-state index contributed by atoms with van der Waals surface area (Å²) in [5, 5.41) is 20.5. The van der Waals surface area contributed by atoms with Crippen LogP contribution < -0.4 is 4.90 Å². The molecular formula is C29H26ClN3O4S2. The SMILES string of the molecule is Cc1ccc(C(=O)C2=C(O)C(=O)N(c3nnc(SCc4ccccc4Cl)s3)C2c2ccc(C(C)(C)C)cc2)o1. The minimum absolute atomic E-state index is 0.0493. The average molecular weight is 580 g/mol. The quantitative estimate of drug-likeness (QED) is 0.138. The summed E-state index contributed by atoms with van der Waals surface area (Å²) in [5.74, 6) is -0.724. The van der Waals surface area contributed by atoms with E-state index in [2.05, 4.69) is 31.0 Å². The van der Waals surface area contributed by atoms with Crippen molar-refractivity contribution in [1.82, 2.24) is 10.2 Å². The molecule has 1 aliphatic heterocycles. The Morgan fingerprint density at radius 1 is 1.10 bits per heavy atom. The van der Waals surface area contributed by atoms with Crippen LogP contribution in [0.5, 0.6) is 0 Å². The Morgan fingerprint density at radius 3 is 2.46 bits per heavy atom. The van der Waals surface area contributed by atoms with E-state index in [-0.39, 0.29) is 21.9 Å². The zero-order valence-electron chi connectivity index (χ0n) is 21.8. The van der Waals surface area contributed by atoms with Gasteiger partial charge in [-0.05, 0) is 47.2 Å². The maximum atomic E-state index is 13.6. The van der Waals surface area contributed by atoms with Gasteiger partial charge in [0, 0.05) is 10.8 Å². The molecule has 0 saturated carbocycles. The zero-order chi connectivity index (χ0) is 27.9. The number of rotatable bonds is 7. The van der Waals surface area contributed by atoms with E-state index in [1.807, 2.05) is 48.5 Å². The summed E-state index contributed by atoms with van der Waals surface area (Å²) >= 11 is 8.94. The number of carbonyl (C=O) groups excluding carboxylic acids is 2. The van der Waals surface area contributed by atoms with Gasteiger partial charge in [0.2, 0.25) is 10.9 Å². The summed E-state index contributed by atoms with van der Waals surface area (Å²) in [6.07, 6.45) is 0. The van der Waals surface area contributed by atoms with E-state index < -0.39 is 23.5 Å². The molecule has 0 spiro atoms. The molecule has 1 amide bonds. The van der Waals surface area contributed by atoms with E-state index in [0.29, 0.717) is 26.4 Å². The van der Waals surface area contributed by atoms with Crippen LogP contribution >= 0.6 is 34.7 Å². The Labute approximate surface area is 239 Å². The first-order chi connectivity index (χ1) is 18.5. The standard InChI is InChI=1S/C29H26ClN3O4S2/c1-16-9-14-21(37-16)24(34)22-23(17-10-12-19(13-11-17)29(2,3)4)33(26(36)25(22)35)27-31-32-28(39-27)38-15-18-7-5-6-8-20(18)30/h5-14,23,35H,15H2,1-4H3.